The molecule has 1 heterocycles. The quantitative estimate of drug-likeness (QED) is 0.631. The molecule has 0 saturated carbocycles. The van der Waals surface area contributed by atoms with E-state index in [0.717, 1.165) is 6.42 Å². The van der Waals surface area contributed by atoms with Crippen LogP contribution in [0.1, 0.15) is 32.6 Å². The van der Waals surface area contributed by atoms with Crippen molar-refractivity contribution in [2.75, 3.05) is 0 Å². The van der Waals surface area contributed by atoms with Crippen LogP contribution in [0.5, 0.6) is 0 Å². The maximum Gasteiger partial charge on any atom is 0.307 e. The summed E-state index contributed by atoms with van der Waals surface area (Å²) >= 11 is 0. The average Bonchev–Trinajstić information content (AvgIpc) is 2.36. The molecule has 1 atom stereocenters. The molecule has 0 aromatic carbocycles. The standard InChI is InChI=1S/C8H13NO3/c1-2-3-6(10)9-7-4-5-8(11)12-7/h7H,2-5H2,1H3,(H,9,10). The first-order valence-electron chi connectivity index (χ1n) is 4.21. The Kier molecular flexibility index (Phi) is 3.08. The molecule has 1 unspecified atom stereocenters. The average molecular weight is 171 g/mol. The third-order valence-corrected chi connectivity index (χ3v) is 1.68. The van der Waals surface area contributed by atoms with Crippen LogP contribution >= 0.6 is 0 Å². The predicted molar refractivity (Wildman–Crippen MR) is 42.2 cm³/mol. The van der Waals surface area contributed by atoms with Crippen LogP contribution in [0.25, 0.3) is 0 Å². The van der Waals surface area contributed by atoms with Crippen LogP contribution in [0.3, 0.4) is 0 Å². The van der Waals surface area contributed by atoms with E-state index >= 15 is 0 Å². The highest BCUT2D eigenvalue weighted by Crippen LogP contribution is 2.10. The van der Waals surface area contributed by atoms with E-state index in [9.17, 15) is 9.59 Å². The van der Waals surface area contributed by atoms with Gasteiger partial charge in [0.2, 0.25) is 5.91 Å². The second-order valence-electron chi connectivity index (χ2n) is 2.83. The van der Waals surface area contributed by atoms with E-state index in [2.05, 4.69) is 5.32 Å². The lowest BCUT2D eigenvalue weighted by molar-refractivity contribution is -0.143. The second kappa shape index (κ2) is 4.09. The van der Waals surface area contributed by atoms with Crippen LogP contribution in [0, 0.1) is 0 Å². The minimum Gasteiger partial charge on any atom is -0.442 e. The lowest BCUT2D eigenvalue weighted by atomic mass is 10.3. The van der Waals surface area contributed by atoms with Crippen molar-refractivity contribution < 1.29 is 14.3 Å². The number of nitrogens with one attached hydrogen (secondary N) is 1. The Hall–Kier alpha value is -1.06. The molecule has 0 radical (unpaired) electrons. The summed E-state index contributed by atoms with van der Waals surface area (Å²) in [5.74, 6) is -0.269. The van der Waals surface area contributed by atoms with Gasteiger partial charge in [-0.1, -0.05) is 6.92 Å². The zero-order valence-corrected chi connectivity index (χ0v) is 7.13. The SMILES string of the molecule is CCCC(=O)NC1CCC(=O)O1. The number of rotatable bonds is 3. The Morgan fingerprint density at radius 3 is 3.00 bits per heavy atom. The van der Waals surface area contributed by atoms with Crippen LogP contribution in [-0.4, -0.2) is 18.1 Å². The lowest BCUT2D eigenvalue weighted by Crippen LogP contribution is -2.34. The molecule has 1 saturated heterocycles. The molecular formula is C8H13NO3. The smallest absolute Gasteiger partial charge is 0.307 e. The van der Waals surface area contributed by atoms with Crippen LogP contribution < -0.4 is 5.32 Å². The summed E-state index contributed by atoms with van der Waals surface area (Å²) in [5.41, 5.74) is 0. The van der Waals surface area contributed by atoms with Gasteiger partial charge in [-0.05, 0) is 6.42 Å². The molecule has 12 heavy (non-hydrogen) atoms. The van der Waals surface area contributed by atoms with E-state index in [1.165, 1.54) is 0 Å². The molecule has 4 heteroatoms. The summed E-state index contributed by atoms with van der Waals surface area (Å²) < 4.78 is 4.81. The topological polar surface area (TPSA) is 55.4 Å². The van der Waals surface area contributed by atoms with E-state index in [-0.39, 0.29) is 18.1 Å². The van der Waals surface area contributed by atoms with Gasteiger partial charge in [-0.25, -0.2) is 0 Å². The molecule has 0 bridgehead atoms. The summed E-state index contributed by atoms with van der Waals surface area (Å²) in [4.78, 5) is 21.6. The van der Waals surface area contributed by atoms with Crippen molar-refractivity contribution in [2.45, 2.75) is 38.8 Å². The fourth-order valence-corrected chi connectivity index (χ4v) is 1.11. The third kappa shape index (κ3) is 2.53. The van der Waals surface area contributed by atoms with Crippen LogP contribution in [0.15, 0.2) is 0 Å². The van der Waals surface area contributed by atoms with Gasteiger partial charge in [0.25, 0.3) is 0 Å². The number of hydrogen-bond acceptors (Lipinski definition) is 3. The Morgan fingerprint density at radius 2 is 2.50 bits per heavy atom. The zero-order chi connectivity index (χ0) is 8.97. The third-order valence-electron chi connectivity index (χ3n) is 1.68. The largest absolute Gasteiger partial charge is 0.442 e. The first-order valence-corrected chi connectivity index (χ1v) is 4.21. The first kappa shape index (κ1) is 9.03. The summed E-state index contributed by atoms with van der Waals surface area (Å²) in [5, 5.41) is 2.63. The highest BCUT2D eigenvalue weighted by molar-refractivity contribution is 5.77. The summed E-state index contributed by atoms with van der Waals surface area (Å²) in [7, 11) is 0. The zero-order valence-electron chi connectivity index (χ0n) is 7.13. The molecule has 4 nitrogen and oxygen atoms in total. The molecular weight excluding hydrogens is 158 g/mol. The molecule has 0 aromatic heterocycles. The summed E-state index contributed by atoms with van der Waals surface area (Å²) in [6.45, 7) is 1.93. The highest BCUT2D eigenvalue weighted by Gasteiger charge is 2.23. The molecule has 0 spiro atoms. The molecule has 0 aromatic rings. The molecule has 1 fully saturated rings. The molecule has 1 amide bonds. The molecule has 0 aliphatic carbocycles. The van der Waals surface area contributed by atoms with Gasteiger partial charge in [-0.3, -0.25) is 9.59 Å². The lowest BCUT2D eigenvalue weighted by Gasteiger charge is -2.10. The number of amides is 1. The van der Waals surface area contributed by atoms with Crippen molar-refractivity contribution in [3.63, 3.8) is 0 Å². The van der Waals surface area contributed by atoms with Crippen LogP contribution in [0.4, 0.5) is 0 Å². The number of hydrogen-bond donors (Lipinski definition) is 1. The van der Waals surface area contributed by atoms with Gasteiger partial charge >= 0.3 is 5.97 Å². The van der Waals surface area contributed by atoms with Crippen LogP contribution in [-0.2, 0) is 14.3 Å². The van der Waals surface area contributed by atoms with Crippen molar-refractivity contribution in [1.82, 2.24) is 5.32 Å². The Labute approximate surface area is 71.3 Å². The summed E-state index contributed by atoms with van der Waals surface area (Å²) in [6.07, 6.45) is 1.95. The van der Waals surface area contributed by atoms with Gasteiger partial charge in [0.15, 0.2) is 6.23 Å². The van der Waals surface area contributed by atoms with Gasteiger partial charge < -0.3 is 10.1 Å². The predicted octanol–water partition coefficient (Wildman–Crippen LogP) is 0.566. The highest BCUT2D eigenvalue weighted by atomic mass is 16.6. The number of ether oxygens (including phenoxy) is 1. The van der Waals surface area contributed by atoms with E-state index in [4.69, 9.17) is 4.74 Å². The number of carbonyl (C=O) groups is 2. The minimum atomic E-state index is -0.378. The Bertz CT molecular complexity index is 191. The maximum absolute atomic E-state index is 11.0. The summed E-state index contributed by atoms with van der Waals surface area (Å²) in [6, 6.07) is 0. The number of carbonyl (C=O) groups excluding carboxylic acids is 2. The van der Waals surface area contributed by atoms with Crippen LogP contribution in [0.2, 0.25) is 0 Å². The molecule has 68 valence electrons. The molecule has 1 rings (SSSR count). The first-order chi connectivity index (χ1) is 5.72. The Balaban J connectivity index is 2.23. The molecule has 1 N–H and O–H groups in total. The van der Waals surface area contributed by atoms with Gasteiger partial charge in [-0.15, -0.1) is 0 Å². The van der Waals surface area contributed by atoms with E-state index < -0.39 is 0 Å². The Morgan fingerprint density at radius 1 is 1.75 bits per heavy atom. The van der Waals surface area contributed by atoms with Crippen molar-refractivity contribution >= 4 is 11.9 Å². The maximum atomic E-state index is 11.0. The van der Waals surface area contributed by atoms with Gasteiger partial charge in [0.1, 0.15) is 0 Å². The van der Waals surface area contributed by atoms with Gasteiger partial charge in [0, 0.05) is 12.8 Å². The minimum absolute atomic E-state index is 0.0443. The fraction of sp³-hybridized carbons (Fsp3) is 0.750. The monoisotopic (exact) mass is 171 g/mol. The fourth-order valence-electron chi connectivity index (χ4n) is 1.11. The van der Waals surface area contributed by atoms with Gasteiger partial charge in [0.05, 0.1) is 6.42 Å². The second-order valence-corrected chi connectivity index (χ2v) is 2.83. The van der Waals surface area contributed by atoms with Crippen molar-refractivity contribution in [3.05, 3.63) is 0 Å². The van der Waals surface area contributed by atoms with Crippen molar-refractivity contribution in [3.8, 4) is 0 Å². The van der Waals surface area contributed by atoms with Crippen molar-refractivity contribution in [2.24, 2.45) is 0 Å². The van der Waals surface area contributed by atoms with Crippen molar-refractivity contribution in [1.29, 1.82) is 0 Å². The van der Waals surface area contributed by atoms with E-state index in [1.54, 1.807) is 0 Å². The number of cyclic esters (lactones) is 1. The normalized spacial score (nSPS) is 22.1. The number of esters is 1. The van der Waals surface area contributed by atoms with E-state index in [0.29, 0.717) is 19.3 Å². The molecule has 1 aliphatic rings. The molecule has 1 aliphatic heterocycles. The van der Waals surface area contributed by atoms with E-state index in [1.807, 2.05) is 6.92 Å². The van der Waals surface area contributed by atoms with Gasteiger partial charge in [-0.2, -0.15) is 0 Å².